The number of amides is 2. The van der Waals surface area contributed by atoms with Gasteiger partial charge in [0.05, 0.1) is 17.2 Å². The van der Waals surface area contributed by atoms with Crippen molar-refractivity contribution in [2.75, 3.05) is 45.8 Å². The average Bonchev–Trinajstić information content (AvgIpc) is 2.93. The second kappa shape index (κ2) is 11.9. The summed E-state index contributed by atoms with van der Waals surface area (Å²) in [6, 6.07) is 4.23. The van der Waals surface area contributed by atoms with Crippen LogP contribution in [0.1, 0.15) is 31.7 Å². The molecular weight excluding hydrogens is 449 g/mol. The van der Waals surface area contributed by atoms with Gasteiger partial charge < -0.3 is 20.0 Å². The molecule has 2 saturated heterocycles. The molecule has 0 saturated carbocycles. The normalized spacial score (nSPS) is 23.7. The predicted molar refractivity (Wildman–Crippen MR) is 125 cm³/mol. The number of hydrogen-bond acceptors (Lipinski definition) is 5. The van der Waals surface area contributed by atoms with E-state index in [0.29, 0.717) is 57.2 Å². The lowest BCUT2D eigenvalue weighted by Gasteiger charge is -2.35. The fourth-order valence-corrected chi connectivity index (χ4v) is 4.67. The van der Waals surface area contributed by atoms with Gasteiger partial charge in [0.15, 0.2) is 0 Å². The summed E-state index contributed by atoms with van der Waals surface area (Å²) in [6.45, 7) is 5.57. The maximum absolute atomic E-state index is 13.3. The Morgan fingerprint density at radius 1 is 1.30 bits per heavy atom. The first-order chi connectivity index (χ1) is 15.7. The second-order valence-electron chi connectivity index (χ2n) is 9.12. The minimum atomic E-state index is -0.582. The Morgan fingerprint density at radius 3 is 2.82 bits per heavy atom. The van der Waals surface area contributed by atoms with Crippen LogP contribution in [0.15, 0.2) is 24.3 Å². The van der Waals surface area contributed by atoms with Gasteiger partial charge in [-0.25, -0.2) is 4.39 Å². The number of aliphatic hydroxyl groups is 2. The third kappa shape index (κ3) is 7.78. The standard InChI is InChI=1S/C24H33ClFN3O4/c1-17-12-20(31)16-27(14-17)15-19(30)6-8-28-10-11-29(9-7-24(28)33)23(32)5-3-18-2-4-22(26)21(25)13-18/h2-5,13,17,19-20,30-31H,6-12,14-16H2,1H3. The minimum Gasteiger partial charge on any atom is -0.392 e. The Bertz CT molecular complexity index is 858. The van der Waals surface area contributed by atoms with Gasteiger partial charge in [-0.05, 0) is 42.5 Å². The van der Waals surface area contributed by atoms with E-state index in [1.54, 1.807) is 15.9 Å². The number of carbonyl (C=O) groups excluding carboxylic acids is 2. The van der Waals surface area contributed by atoms with E-state index in [2.05, 4.69) is 11.8 Å². The molecule has 2 heterocycles. The maximum Gasteiger partial charge on any atom is 0.246 e. The third-order valence-electron chi connectivity index (χ3n) is 6.18. The van der Waals surface area contributed by atoms with Crippen molar-refractivity contribution in [3.63, 3.8) is 0 Å². The van der Waals surface area contributed by atoms with Crippen molar-refractivity contribution in [1.29, 1.82) is 0 Å². The molecule has 7 nitrogen and oxygen atoms in total. The molecule has 2 amide bonds. The van der Waals surface area contributed by atoms with Crippen molar-refractivity contribution in [2.45, 2.75) is 38.4 Å². The average molecular weight is 482 g/mol. The van der Waals surface area contributed by atoms with Gasteiger partial charge >= 0.3 is 0 Å². The third-order valence-corrected chi connectivity index (χ3v) is 6.47. The Balaban J connectivity index is 1.46. The summed E-state index contributed by atoms with van der Waals surface area (Å²) in [5, 5.41) is 20.4. The number of hydrogen-bond donors (Lipinski definition) is 2. The van der Waals surface area contributed by atoms with Crippen LogP contribution in [-0.4, -0.2) is 94.7 Å². The molecule has 0 radical (unpaired) electrons. The highest BCUT2D eigenvalue weighted by atomic mass is 35.5. The van der Waals surface area contributed by atoms with E-state index in [1.807, 2.05) is 0 Å². The fraction of sp³-hybridized carbons (Fsp3) is 0.583. The van der Waals surface area contributed by atoms with Gasteiger partial charge in [-0.15, -0.1) is 0 Å². The van der Waals surface area contributed by atoms with Crippen LogP contribution >= 0.6 is 11.6 Å². The summed E-state index contributed by atoms with van der Waals surface area (Å²) in [7, 11) is 0. The van der Waals surface area contributed by atoms with Gasteiger partial charge in [0.25, 0.3) is 0 Å². The fourth-order valence-electron chi connectivity index (χ4n) is 4.48. The Morgan fingerprint density at radius 2 is 2.09 bits per heavy atom. The first kappa shape index (κ1) is 25.6. The molecule has 3 atom stereocenters. The SMILES string of the molecule is CC1CC(O)CN(CC(O)CCN2CCN(C(=O)C=Cc3ccc(F)c(Cl)c3)CCC2=O)C1. The Kier molecular flexibility index (Phi) is 9.26. The van der Waals surface area contributed by atoms with Crippen LogP contribution in [0.25, 0.3) is 6.08 Å². The lowest BCUT2D eigenvalue weighted by atomic mass is 9.97. The summed E-state index contributed by atoms with van der Waals surface area (Å²) < 4.78 is 13.3. The molecule has 0 bridgehead atoms. The van der Waals surface area contributed by atoms with Gasteiger partial charge in [0.2, 0.25) is 11.8 Å². The van der Waals surface area contributed by atoms with Crippen molar-refractivity contribution < 1.29 is 24.2 Å². The quantitative estimate of drug-likeness (QED) is 0.582. The molecule has 2 N–H and O–H groups in total. The Labute approximate surface area is 199 Å². The van der Waals surface area contributed by atoms with E-state index >= 15 is 0 Å². The molecule has 1 aromatic rings. The van der Waals surface area contributed by atoms with Gasteiger partial charge in [0, 0.05) is 58.3 Å². The molecule has 2 aliphatic heterocycles. The van der Waals surface area contributed by atoms with Crippen molar-refractivity contribution in [3.8, 4) is 0 Å². The summed E-state index contributed by atoms with van der Waals surface area (Å²) >= 11 is 5.77. The van der Waals surface area contributed by atoms with Crippen LogP contribution in [0.3, 0.4) is 0 Å². The molecule has 3 unspecified atom stereocenters. The first-order valence-corrected chi connectivity index (χ1v) is 11.9. The lowest BCUT2D eigenvalue weighted by Crippen LogP contribution is -2.46. The van der Waals surface area contributed by atoms with Crippen LogP contribution in [0.2, 0.25) is 5.02 Å². The van der Waals surface area contributed by atoms with E-state index in [0.717, 1.165) is 13.0 Å². The van der Waals surface area contributed by atoms with Crippen molar-refractivity contribution >= 4 is 29.5 Å². The molecule has 1 aromatic carbocycles. The number of nitrogens with zero attached hydrogens (tertiary/aromatic N) is 3. The van der Waals surface area contributed by atoms with Gasteiger partial charge in [-0.1, -0.05) is 24.6 Å². The highest BCUT2D eigenvalue weighted by Crippen LogP contribution is 2.18. The van der Waals surface area contributed by atoms with Crippen LogP contribution in [0.5, 0.6) is 0 Å². The number of piperidine rings is 1. The lowest BCUT2D eigenvalue weighted by molar-refractivity contribution is -0.130. The molecule has 0 aromatic heterocycles. The number of likely N-dealkylation sites (tertiary alicyclic amines) is 1. The van der Waals surface area contributed by atoms with Crippen LogP contribution in [0, 0.1) is 11.7 Å². The first-order valence-electron chi connectivity index (χ1n) is 11.5. The zero-order chi connectivity index (χ0) is 24.0. The van der Waals surface area contributed by atoms with E-state index in [4.69, 9.17) is 11.6 Å². The molecule has 33 heavy (non-hydrogen) atoms. The number of carbonyl (C=O) groups is 2. The number of rotatable bonds is 7. The highest BCUT2D eigenvalue weighted by molar-refractivity contribution is 6.30. The number of halogens is 2. The van der Waals surface area contributed by atoms with E-state index in [1.165, 1.54) is 24.3 Å². The zero-order valence-electron chi connectivity index (χ0n) is 19.0. The van der Waals surface area contributed by atoms with Crippen LogP contribution < -0.4 is 0 Å². The summed E-state index contributed by atoms with van der Waals surface area (Å²) in [5.41, 5.74) is 0.617. The monoisotopic (exact) mass is 481 g/mol. The summed E-state index contributed by atoms with van der Waals surface area (Å²) in [5.74, 6) is -0.373. The topological polar surface area (TPSA) is 84.3 Å². The number of β-amino-alcohol motifs (C(OH)–C–C–N with tert-alkyl or cyclic N) is 2. The van der Waals surface area contributed by atoms with Crippen LogP contribution in [-0.2, 0) is 9.59 Å². The highest BCUT2D eigenvalue weighted by Gasteiger charge is 2.26. The summed E-state index contributed by atoms with van der Waals surface area (Å²) in [6.07, 6.45) is 3.51. The molecule has 0 spiro atoms. The largest absolute Gasteiger partial charge is 0.392 e. The van der Waals surface area contributed by atoms with Gasteiger partial charge in [-0.3, -0.25) is 14.5 Å². The van der Waals surface area contributed by atoms with E-state index < -0.39 is 11.9 Å². The zero-order valence-corrected chi connectivity index (χ0v) is 19.8. The molecule has 3 rings (SSSR count). The minimum absolute atomic E-state index is 0.00576. The predicted octanol–water partition coefficient (Wildman–Crippen LogP) is 2.01. The number of benzene rings is 1. The smallest absolute Gasteiger partial charge is 0.246 e. The molecule has 0 aliphatic carbocycles. The second-order valence-corrected chi connectivity index (χ2v) is 9.53. The van der Waals surface area contributed by atoms with Gasteiger partial charge in [0.1, 0.15) is 5.82 Å². The molecule has 182 valence electrons. The Hall–Kier alpha value is -2.00. The number of aliphatic hydroxyl groups excluding tert-OH is 2. The van der Waals surface area contributed by atoms with E-state index in [9.17, 15) is 24.2 Å². The van der Waals surface area contributed by atoms with Crippen molar-refractivity contribution in [2.24, 2.45) is 5.92 Å². The van der Waals surface area contributed by atoms with Gasteiger partial charge in [-0.2, -0.15) is 0 Å². The van der Waals surface area contributed by atoms with Crippen molar-refractivity contribution in [3.05, 3.63) is 40.7 Å². The molecular formula is C24H33ClFN3O4. The molecule has 2 aliphatic rings. The molecule has 9 heteroatoms. The summed E-state index contributed by atoms with van der Waals surface area (Å²) in [4.78, 5) is 30.5. The van der Waals surface area contributed by atoms with Crippen LogP contribution in [0.4, 0.5) is 4.39 Å². The molecule has 2 fully saturated rings. The maximum atomic E-state index is 13.3. The van der Waals surface area contributed by atoms with Crippen molar-refractivity contribution in [1.82, 2.24) is 14.7 Å². The van der Waals surface area contributed by atoms with E-state index in [-0.39, 0.29) is 29.4 Å².